The van der Waals surface area contributed by atoms with E-state index in [4.69, 9.17) is 29.6 Å². The lowest BCUT2D eigenvalue weighted by Crippen LogP contribution is -1.98. The fraction of sp³-hybridized carbons (Fsp3) is 0. The third-order valence-corrected chi connectivity index (χ3v) is 5.57. The lowest BCUT2D eigenvalue weighted by Gasteiger charge is -2.10. The maximum Gasteiger partial charge on any atom is 0.147 e. The van der Waals surface area contributed by atoms with Crippen LogP contribution in [-0.2, 0) is 0 Å². The molecule has 0 spiro atoms. The molecule has 0 saturated carbocycles. The van der Waals surface area contributed by atoms with Crippen LogP contribution in [0.2, 0.25) is 5.02 Å². The van der Waals surface area contributed by atoms with E-state index >= 15 is 0 Å². The molecule has 24 heavy (non-hydrogen) atoms. The number of aromatic nitrogens is 3. The summed E-state index contributed by atoms with van der Waals surface area (Å²) in [6.07, 6.45) is 1.54. The van der Waals surface area contributed by atoms with E-state index in [2.05, 4.69) is 21.0 Å². The van der Waals surface area contributed by atoms with E-state index < -0.39 is 0 Å². The molecule has 3 heterocycles. The van der Waals surface area contributed by atoms with Gasteiger partial charge in [-0.1, -0.05) is 42.0 Å². The number of halogens is 1. The summed E-state index contributed by atoms with van der Waals surface area (Å²) < 4.78 is 1.28. The number of anilines is 1. The number of nitrogens with zero attached hydrogens (tertiary/aromatic N) is 3. The zero-order valence-electron chi connectivity index (χ0n) is 12.0. The summed E-state index contributed by atoms with van der Waals surface area (Å²) >= 11 is 13.1. The lowest BCUT2D eigenvalue weighted by molar-refractivity contribution is 1.22. The zero-order valence-corrected chi connectivity index (χ0v) is 14.4. The second-order valence-electron chi connectivity index (χ2n) is 5.03. The number of pyridine rings is 1. The number of aromatic amines is 1. The van der Waals surface area contributed by atoms with Gasteiger partial charge in [-0.3, -0.25) is 0 Å². The minimum atomic E-state index is 0.172. The van der Waals surface area contributed by atoms with Gasteiger partial charge < -0.3 is 10.7 Å². The van der Waals surface area contributed by atoms with Crippen molar-refractivity contribution in [3.8, 4) is 17.2 Å². The SMILES string of the molecule is N#Cc1c(N)nc2sc3c(=S)nc[nH]c3c2c1-c1ccccc1Cl. The Morgan fingerprint density at radius 2 is 2.12 bits per heavy atom. The van der Waals surface area contributed by atoms with Crippen LogP contribution in [0.4, 0.5) is 5.82 Å². The van der Waals surface area contributed by atoms with Gasteiger partial charge in [-0.2, -0.15) is 5.26 Å². The van der Waals surface area contributed by atoms with E-state index in [1.165, 1.54) is 17.7 Å². The summed E-state index contributed by atoms with van der Waals surface area (Å²) in [7, 11) is 0. The quantitative estimate of drug-likeness (QED) is 0.475. The van der Waals surface area contributed by atoms with E-state index in [1.807, 2.05) is 18.2 Å². The Balaban J connectivity index is 2.32. The number of fused-ring (bicyclic) bond motifs is 3. The number of nitrogens with one attached hydrogen (secondary N) is 1. The molecule has 3 N–H and O–H groups in total. The van der Waals surface area contributed by atoms with Gasteiger partial charge in [-0.05, 0) is 6.07 Å². The largest absolute Gasteiger partial charge is 0.383 e. The van der Waals surface area contributed by atoms with Crippen molar-refractivity contribution in [3.63, 3.8) is 0 Å². The van der Waals surface area contributed by atoms with Gasteiger partial charge in [0.15, 0.2) is 0 Å². The third-order valence-electron chi connectivity index (χ3n) is 3.71. The minimum absolute atomic E-state index is 0.172. The van der Waals surface area contributed by atoms with Gasteiger partial charge in [-0.25, -0.2) is 9.97 Å². The molecule has 0 aliphatic rings. The molecule has 0 aliphatic heterocycles. The summed E-state index contributed by atoms with van der Waals surface area (Å²) in [4.78, 5) is 12.3. The van der Waals surface area contributed by atoms with Crippen molar-refractivity contribution in [1.29, 1.82) is 5.26 Å². The number of benzene rings is 1. The molecule has 0 radical (unpaired) electrons. The Morgan fingerprint density at radius 3 is 2.88 bits per heavy atom. The number of thiophene rings is 1. The Morgan fingerprint density at radius 1 is 1.33 bits per heavy atom. The van der Waals surface area contributed by atoms with Gasteiger partial charge >= 0.3 is 0 Å². The number of hydrogen-bond donors (Lipinski definition) is 2. The predicted octanol–water partition coefficient (Wildman–Crippen LogP) is 4.68. The number of nitriles is 1. The molecule has 0 aliphatic carbocycles. The number of H-pyrrole nitrogens is 1. The van der Waals surface area contributed by atoms with Crippen molar-refractivity contribution >= 4 is 61.4 Å². The fourth-order valence-corrected chi connectivity index (χ4v) is 4.25. The first-order valence-electron chi connectivity index (χ1n) is 6.86. The van der Waals surface area contributed by atoms with Gasteiger partial charge in [0, 0.05) is 21.5 Å². The number of nitrogens with two attached hydrogens (primary N) is 1. The smallest absolute Gasteiger partial charge is 0.147 e. The molecule has 0 bridgehead atoms. The van der Waals surface area contributed by atoms with Gasteiger partial charge in [-0.15, -0.1) is 11.3 Å². The van der Waals surface area contributed by atoms with Crippen molar-refractivity contribution in [2.45, 2.75) is 0 Å². The van der Waals surface area contributed by atoms with Gasteiger partial charge in [0.2, 0.25) is 0 Å². The molecule has 0 fully saturated rings. The average Bonchev–Trinajstić information content (AvgIpc) is 2.94. The zero-order chi connectivity index (χ0) is 16.8. The van der Waals surface area contributed by atoms with Crippen molar-refractivity contribution in [2.75, 3.05) is 5.73 Å². The second-order valence-corrected chi connectivity index (χ2v) is 6.83. The van der Waals surface area contributed by atoms with Crippen LogP contribution in [0, 0.1) is 16.0 Å². The Kier molecular flexibility index (Phi) is 3.46. The number of nitrogen functional groups attached to an aromatic ring is 1. The van der Waals surface area contributed by atoms with Crippen LogP contribution in [0.25, 0.3) is 31.6 Å². The number of hydrogen-bond acceptors (Lipinski definition) is 6. The molecule has 4 aromatic rings. The molecule has 8 heteroatoms. The summed E-state index contributed by atoms with van der Waals surface area (Å²) in [6, 6.07) is 9.49. The lowest BCUT2D eigenvalue weighted by atomic mass is 9.97. The average molecular weight is 370 g/mol. The maximum atomic E-state index is 9.62. The highest BCUT2D eigenvalue weighted by atomic mass is 35.5. The van der Waals surface area contributed by atoms with Crippen molar-refractivity contribution in [2.24, 2.45) is 0 Å². The number of rotatable bonds is 1. The first-order chi connectivity index (χ1) is 11.6. The van der Waals surface area contributed by atoms with Gasteiger partial charge in [0.25, 0.3) is 0 Å². The Bertz CT molecular complexity index is 1220. The van der Waals surface area contributed by atoms with Crippen LogP contribution in [0.1, 0.15) is 5.56 Å². The molecule has 116 valence electrons. The fourth-order valence-electron chi connectivity index (χ4n) is 2.70. The van der Waals surface area contributed by atoms with Crippen LogP contribution >= 0.6 is 35.2 Å². The van der Waals surface area contributed by atoms with E-state index in [9.17, 15) is 5.26 Å². The molecule has 4 rings (SSSR count). The Labute approximate surface area is 150 Å². The topological polar surface area (TPSA) is 91.4 Å². The van der Waals surface area contributed by atoms with E-state index in [0.717, 1.165) is 21.2 Å². The van der Waals surface area contributed by atoms with Crippen molar-refractivity contribution in [1.82, 2.24) is 15.0 Å². The monoisotopic (exact) mass is 369 g/mol. The molecule has 0 saturated heterocycles. The van der Waals surface area contributed by atoms with Crippen molar-refractivity contribution in [3.05, 3.63) is 45.8 Å². The van der Waals surface area contributed by atoms with E-state index in [0.29, 0.717) is 25.6 Å². The first kappa shape index (κ1) is 15.0. The van der Waals surface area contributed by atoms with Crippen LogP contribution in [-0.4, -0.2) is 15.0 Å². The highest BCUT2D eigenvalue weighted by molar-refractivity contribution is 7.71. The summed E-state index contributed by atoms with van der Waals surface area (Å²) in [5, 5.41) is 10.9. The Hall–Kier alpha value is -2.53. The van der Waals surface area contributed by atoms with Gasteiger partial charge in [0.05, 0.1) is 16.5 Å². The highest BCUT2D eigenvalue weighted by Gasteiger charge is 2.21. The third kappa shape index (κ3) is 2.08. The molecule has 1 aromatic carbocycles. The van der Waals surface area contributed by atoms with E-state index in [-0.39, 0.29) is 5.82 Å². The molecule has 3 aromatic heterocycles. The standard InChI is InChI=1S/C16H8ClN5S2/c17-9-4-2-1-3-7(9)10-8(5-18)14(19)22-16-11(10)12-13(24-16)15(23)21-6-20-12/h1-4,6H,(H2,19,22)(H,20,21,23). The van der Waals surface area contributed by atoms with Crippen LogP contribution < -0.4 is 5.73 Å². The maximum absolute atomic E-state index is 9.62. The minimum Gasteiger partial charge on any atom is -0.383 e. The van der Waals surface area contributed by atoms with Crippen LogP contribution in [0.15, 0.2) is 30.6 Å². The molecule has 0 unspecified atom stereocenters. The van der Waals surface area contributed by atoms with Crippen LogP contribution in [0.3, 0.4) is 0 Å². The summed E-state index contributed by atoms with van der Waals surface area (Å²) in [5.74, 6) is 0.172. The highest BCUT2D eigenvalue weighted by Crippen LogP contribution is 2.43. The summed E-state index contributed by atoms with van der Waals surface area (Å²) in [5.41, 5.74) is 8.50. The van der Waals surface area contributed by atoms with E-state index in [1.54, 1.807) is 6.07 Å². The van der Waals surface area contributed by atoms with Gasteiger partial charge in [0.1, 0.15) is 26.9 Å². The molecule has 0 atom stereocenters. The summed E-state index contributed by atoms with van der Waals surface area (Å²) in [6.45, 7) is 0. The predicted molar refractivity (Wildman–Crippen MR) is 99.7 cm³/mol. The second kappa shape index (κ2) is 5.53. The molecule has 0 amide bonds. The normalized spacial score (nSPS) is 11.0. The molecular weight excluding hydrogens is 362 g/mol. The first-order valence-corrected chi connectivity index (χ1v) is 8.46. The van der Waals surface area contributed by atoms with Crippen LogP contribution in [0.5, 0.6) is 0 Å². The molecular formula is C16H8ClN5S2. The van der Waals surface area contributed by atoms with Crippen molar-refractivity contribution < 1.29 is 0 Å². The molecule has 5 nitrogen and oxygen atoms in total.